The van der Waals surface area contributed by atoms with Gasteiger partial charge in [0, 0.05) is 5.75 Å². The molecule has 0 radical (unpaired) electrons. The molecule has 0 aliphatic carbocycles. The molecule has 0 amide bonds. The van der Waals surface area contributed by atoms with E-state index in [-0.39, 0.29) is 28.2 Å². The lowest BCUT2D eigenvalue weighted by molar-refractivity contribution is -0.154. The molecule has 1 aromatic rings. The van der Waals surface area contributed by atoms with Crippen LogP contribution in [0.4, 0.5) is 0 Å². The smallest absolute Gasteiger partial charge is 0.311 e. The van der Waals surface area contributed by atoms with E-state index in [0.29, 0.717) is 13.2 Å². The quantitative estimate of drug-likeness (QED) is 0.135. The van der Waals surface area contributed by atoms with Crippen LogP contribution < -0.4 is 0 Å². The summed E-state index contributed by atoms with van der Waals surface area (Å²) < 4.78 is 10.6. The summed E-state index contributed by atoms with van der Waals surface area (Å²) >= 11 is 1.93. The van der Waals surface area contributed by atoms with Gasteiger partial charge in [-0.05, 0) is 70.1 Å². The molecule has 0 saturated carbocycles. The third-order valence-electron chi connectivity index (χ3n) is 7.29. The predicted molar refractivity (Wildman–Crippen MR) is 165 cm³/mol. The SMILES string of the molecule is CCC(C)(C)C(=O)OCCCSCC(C)(C)c1ccccc1.CCCCCCCCOC(=O)C(C)(C)CC. The maximum atomic E-state index is 11.8. The Hall–Kier alpha value is -1.49. The lowest BCUT2D eigenvalue weighted by Gasteiger charge is -2.25. The van der Waals surface area contributed by atoms with Crippen molar-refractivity contribution in [3.63, 3.8) is 0 Å². The molecule has 0 heterocycles. The molecular formula is C33H58O4S. The fourth-order valence-corrected chi connectivity index (χ4v) is 4.50. The van der Waals surface area contributed by atoms with Crippen molar-refractivity contribution >= 4 is 23.7 Å². The molecule has 5 heteroatoms. The minimum Gasteiger partial charge on any atom is -0.465 e. The van der Waals surface area contributed by atoms with Gasteiger partial charge in [0.05, 0.1) is 24.0 Å². The van der Waals surface area contributed by atoms with Gasteiger partial charge in [-0.25, -0.2) is 0 Å². The van der Waals surface area contributed by atoms with E-state index in [1.54, 1.807) is 0 Å². The van der Waals surface area contributed by atoms with E-state index in [4.69, 9.17) is 9.47 Å². The Kier molecular flexibility index (Phi) is 18.8. The monoisotopic (exact) mass is 550 g/mol. The van der Waals surface area contributed by atoms with Gasteiger partial charge in [-0.3, -0.25) is 9.59 Å². The van der Waals surface area contributed by atoms with E-state index < -0.39 is 0 Å². The third-order valence-corrected chi connectivity index (χ3v) is 8.79. The molecular weight excluding hydrogens is 492 g/mol. The van der Waals surface area contributed by atoms with Crippen LogP contribution in [-0.4, -0.2) is 36.7 Å². The van der Waals surface area contributed by atoms with E-state index >= 15 is 0 Å². The maximum absolute atomic E-state index is 11.8. The molecule has 0 aliphatic rings. The number of unbranched alkanes of at least 4 members (excludes halogenated alkanes) is 5. The van der Waals surface area contributed by atoms with E-state index in [2.05, 4.69) is 51.1 Å². The summed E-state index contributed by atoms with van der Waals surface area (Å²) in [4.78, 5) is 23.5. The average Bonchev–Trinajstić information content (AvgIpc) is 2.90. The second-order valence-corrected chi connectivity index (χ2v) is 13.3. The first-order valence-electron chi connectivity index (χ1n) is 14.8. The fourth-order valence-electron chi connectivity index (χ4n) is 3.35. The van der Waals surface area contributed by atoms with E-state index in [9.17, 15) is 9.59 Å². The molecule has 1 aromatic carbocycles. The van der Waals surface area contributed by atoms with Gasteiger partial charge in [0.2, 0.25) is 0 Å². The molecule has 0 spiro atoms. The van der Waals surface area contributed by atoms with Gasteiger partial charge in [-0.1, -0.05) is 97.1 Å². The number of hydrogen-bond acceptors (Lipinski definition) is 5. The zero-order valence-corrected chi connectivity index (χ0v) is 26.9. The molecule has 0 fully saturated rings. The summed E-state index contributed by atoms with van der Waals surface area (Å²) in [6, 6.07) is 10.6. The lowest BCUT2D eigenvalue weighted by Crippen LogP contribution is -2.26. The molecule has 0 atom stereocenters. The number of carbonyl (C=O) groups is 2. The zero-order valence-electron chi connectivity index (χ0n) is 26.1. The summed E-state index contributed by atoms with van der Waals surface area (Å²) in [6.07, 6.45) is 9.93. The molecule has 38 heavy (non-hydrogen) atoms. The standard InChI is InChI=1S/C19H30O2S.C14H28O2/c1-6-18(2,3)17(20)21-13-10-14-22-15-19(4,5)16-11-8-7-9-12-16;1-5-7-8-9-10-11-12-16-13(15)14(3,4)6-2/h7-9,11-12H,6,10,13-15H2,1-5H3;5-12H2,1-4H3. The summed E-state index contributed by atoms with van der Waals surface area (Å²) in [6.45, 7) is 19.7. The number of thioether (sulfide) groups is 1. The van der Waals surface area contributed by atoms with Gasteiger partial charge >= 0.3 is 11.9 Å². The van der Waals surface area contributed by atoms with Crippen molar-refractivity contribution in [1.82, 2.24) is 0 Å². The number of carbonyl (C=O) groups excluding carboxylic acids is 2. The normalized spacial score (nSPS) is 11.9. The van der Waals surface area contributed by atoms with Gasteiger partial charge in [-0.15, -0.1) is 0 Å². The first-order valence-corrected chi connectivity index (χ1v) is 16.0. The molecule has 0 bridgehead atoms. The molecule has 0 aliphatic heterocycles. The molecule has 0 N–H and O–H groups in total. The Morgan fingerprint density at radius 2 is 1.16 bits per heavy atom. The van der Waals surface area contributed by atoms with E-state index in [1.807, 2.05) is 53.3 Å². The summed E-state index contributed by atoms with van der Waals surface area (Å²) in [5, 5.41) is 0. The Bertz CT molecular complexity index is 756. The van der Waals surface area contributed by atoms with Crippen molar-refractivity contribution < 1.29 is 19.1 Å². The largest absolute Gasteiger partial charge is 0.465 e. The summed E-state index contributed by atoms with van der Waals surface area (Å²) in [7, 11) is 0. The maximum Gasteiger partial charge on any atom is 0.311 e. The van der Waals surface area contributed by atoms with Gasteiger partial charge in [-0.2, -0.15) is 11.8 Å². The number of esters is 2. The molecule has 0 aromatic heterocycles. The number of rotatable bonds is 18. The second-order valence-electron chi connectivity index (χ2n) is 12.2. The van der Waals surface area contributed by atoms with Crippen LogP contribution in [0.2, 0.25) is 0 Å². The highest BCUT2D eigenvalue weighted by Gasteiger charge is 2.27. The van der Waals surface area contributed by atoms with Crippen LogP contribution in [0.1, 0.15) is 126 Å². The minimum absolute atomic E-state index is 0.0523. The molecule has 220 valence electrons. The van der Waals surface area contributed by atoms with Crippen molar-refractivity contribution in [3.05, 3.63) is 35.9 Å². The zero-order chi connectivity index (χ0) is 29.1. The minimum atomic E-state index is -0.359. The summed E-state index contributed by atoms with van der Waals surface area (Å²) in [5.74, 6) is 1.97. The van der Waals surface area contributed by atoms with Crippen molar-refractivity contribution in [1.29, 1.82) is 0 Å². The lowest BCUT2D eigenvalue weighted by atomic mass is 9.87. The van der Waals surface area contributed by atoms with Gasteiger partial charge < -0.3 is 9.47 Å². The van der Waals surface area contributed by atoms with Crippen LogP contribution in [0.5, 0.6) is 0 Å². The van der Waals surface area contributed by atoms with Crippen LogP contribution in [0.3, 0.4) is 0 Å². The number of hydrogen-bond donors (Lipinski definition) is 0. The van der Waals surface area contributed by atoms with Gasteiger partial charge in [0.25, 0.3) is 0 Å². The fraction of sp³-hybridized carbons (Fsp3) is 0.758. The van der Waals surface area contributed by atoms with Crippen LogP contribution in [0.15, 0.2) is 30.3 Å². The highest BCUT2D eigenvalue weighted by molar-refractivity contribution is 7.99. The number of benzene rings is 1. The molecule has 0 saturated heterocycles. The Morgan fingerprint density at radius 1 is 0.684 bits per heavy atom. The first kappa shape index (κ1) is 36.5. The average molecular weight is 551 g/mol. The van der Waals surface area contributed by atoms with Crippen molar-refractivity contribution in [2.45, 2.75) is 126 Å². The third kappa shape index (κ3) is 15.8. The van der Waals surface area contributed by atoms with Crippen molar-refractivity contribution in [2.75, 3.05) is 24.7 Å². The van der Waals surface area contributed by atoms with E-state index in [1.165, 1.54) is 37.7 Å². The van der Waals surface area contributed by atoms with Crippen LogP contribution in [0, 0.1) is 10.8 Å². The Morgan fingerprint density at radius 3 is 1.66 bits per heavy atom. The molecule has 1 rings (SSSR count). The van der Waals surface area contributed by atoms with Crippen molar-refractivity contribution in [3.8, 4) is 0 Å². The first-order chi connectivity index (χ1) is 17.8. The van der Waals surface area contributed by atoms with Crippen LogP contribution in [0.25, 0.3) is 0 Å². The summed E-state index contributed by atoms with van der Waals surface area (Å²) in [5.41, 5.74) is 0.871. The van der Waals surface area contributed by atoms with Gasteiger partial charge in [0.1, 0.15) is 0 Å². The van der Waals surface area contributed by atoms with E-state index in [0.717, 1.165) is 37.2 Å². The predicted octanol–water partition coefficient (Wildman–Crippen LogP) is 9.39. The Balaban J connectivity index is 0.000000761. The second kappa shape index (κ2) is 19.6. The van der Waals surface area contributed by atoms with Crippen LogP contribution >= 0.6 is 11.8 Å². The van der Waals surface area contributed by atoms with Crippen molar-refractivity contribution in [2.24, 2.45) is 10.8 Å². The highest BCUT2D eigenvalue weighted by atomic mass is 32.2. The van der Waals surface area contributed by atoms with Gasteiger partial charge in [0.15, 0.2) is 0 Å². The molecule has 0 unspecified atom stereocenters. The molecule has 4 nitrogen and oxygen atoms in total. The number of ether oxygens (including phenoxy) is 2. The van der Waals surface area contributed by atoms with Crippen LogP contribution in [-0.2, 0) is 24.5 Å². The Labute approximate surface area is 239 Å². The topological polar surface area (TPSA) is 52.6 Å². The highest BCUT2D eigenvalue weighted by Crippen LogP contribution is 2.28.